The predicted molar refractivity (Wildman–Crippen MR) is 133 cm³/mol. The van der Waals surface area contributed by atoms with Crippen molar-refractivity contribution < 1.29 is 23.1 Å². The first-order chi connectivity index (χ1) is 15.1. The van der Waals surface area contributed by atoms with E-state index in [0.717, 1.165) is 45.7 Å². The molecule has 0 saturated carbocycles. The number of aryl methyl sites for hydroxylation is 1. The van der Waals surface area contributed by atoms with E-state index in [1.165, 1.54) is 23.5 Å². The molecular weight excluding hydrogens is 458 g/mol. The van der Waals surface area contributed by atoms with Gasteiger partial charge in [0.1, 0.15) is 0 Å². The van der Waals surface area contributed by atoms with Gasteiger partial charge in [0.2, 0.25) is 10.0 Å². The Hall–Kier alpha value is -2.00. The van der Waals surface area contributed by atoms with Crippen LogP contribution in [0.15, 0.2) is 35.2 Å². The zero-order valence-electron chi connectivity index (χ0n) is 20.1. The van der Waals surface area contributed by atoms with Gasteiger partial charge in [0, 0.05) is 20.9 Å². The fraction of sp³-hybridized carbons (Fsp3) is 0.480. The second kappa shape index (κ2) is 8.98. The first kappa shape index (κ1) is 25.6. The number of thiophene rings is 1. The van der Waals surface area contributed by atoms with Crippen molar-refractivity contribution in [1.82, 2.24) is 0 Å². The third kappa shape index (κ3) is 5.93. The van der Waals surface area contributed by atoms with E-state index in [-0.39, 0.29) is 10.3 Å². The molecule has 0 aliphatic heterocycles. The lowest BCUT2D eigenvalue weighted by atomic mass is 9.76. The maximum atomic E-state index is 12.3. The summed E-state index contributed by atoms with van der Waals surface area (Å²) in [5.41, 5.74) is 3.06. The second-order valence-corrected chi connectivity index (χ2v) is 13.2. The van der Waals surface area contributed by atoms with Gasteiger partial charge in [0.05, 0.1) is 10.5 Å². The molecule has 3 rings (SSSR count). The Bertz CT molecular complexity index is 1180. The number of nitrogens with two attached hydrogens (primary N) is 1. The number of primary sulfonamides is 1. The summed E-state index contributed by atoms with van der Waals surface area (Å²) in [6, 6.07) is 6.43. The number of carbonyl (C=O) groups is 1. The molecule has 8 heteroatoms. The van der Waals surface area contributed by atoms with Gasteiger partial charge >= 0.3 is 5.97 Å². The van der Waals surface area contributed by atoms with Crippen molar-refractivity contribution in [3.05, 3.63) is 46.3 Å². The number of allylic oxidation sites excluding steroid dienone is 2. The van der Waals surface area contributed by atoms with Crippen molar-refractivity contribution in [3.8, 4) is 10.4 Å². The summed E-state index contributed by atoms with van der Waals surface area (Å²) >= 11 is 1.51. The molecule has 1 aliphatic rings. The van der Waals surface area contributed by atoms with E-state index in [2.05, 4.69) is 19.9 Å². The molecule has 1 aromatic carbocycles. The number of benzene rings is 1. The first-order valence-electron chi connectivity index (χ1n) is 11.0. The number of hydrogen-bond donors (Lipinski definition) is 2. The van der Waals surface area contributed by atoms with Crippen LogP contribution in [0.4, 0.5) is 0 Å². The molecule has 0 bridgehead atoms. The minimum atomic E-state index is -3.80. The highest BCUT2D eigenvalue weighted by molar-refractivity contribution is 7.89. The van der Waals surface area contributed by atoms with E-state index in [9.17, 15) is 18.3 Å². The quantitative estimate of drug-likeness (QED) is 0.523. The summed E-state index contributed by atoms with van der Waals surface area (Å²) in [5.74, 6) is -1.03. The Kier molecular flexibility index (Phi) is 6.97. The predicted octanol–water partition coefficient (Wildman–Crippen LogP) is 5.91. The molecule has 180 valence electrons. The summed E-state index contributed by atoms with van der Waals surface area (Å²) in [7, 11) is -3.80. The van der Waals surface area contributed by atoms with Crippen LogP contribution in [0.1, 0.15) is 76.0 Å². The highest BCUT2D eigenvalue weighted by Crippen LogP contribution is 2.48. The second-order valence-electron chi connectivity index (χ2n) is 10.4. The van der Waals surface area contributed by atoms with E-state index in [1.54, 1.807) is 12.1 Å². The van der Waals surface area contributed by atoms with Gasteiger partial charge < -0.3 is 9.84 Å². The summed E-state index contributed by atoms with van der Waals surface area (Å²) < 4.78 is 29.4. The molecule has 33 heavy (non-hydrogen) atoms. The smallest absolute Gasteiger partial charge is 0.337 e. The van der Waals surface area contributed by atoms with Crippen LogP contribution in [0.3, 0.4) is 0 Å². The molecule has 0 saturated heterocycles. The van der Waals surface area contributed by atoms with E-state index < -0.39 is 27.7 Å². The van der Waals surface area contributed by atoms with Gasteiger partial charge in [-0.2, -0.15) is 0 Å². The Labute approximate surface area is 200 Å². The SMILES string of the molecule is Cc1sc(-c2ccc(S(N)(=O)=O)cc2)c(C2=CCC(C)(C)CC2)c1C(OC(C)(C)C)C(=O)O. The number of carboxylic acids is 1. The summed E-state index contributed by atoms with van der Waals surface area (Å²) in [6.07, 6.45) is 3.84. The maximum Gasteiger partial charge on any atom is 0.337 e. The number of rotatable bonds is 6. The fourth-order valence-corrected chi connectivity index (χ4v) is 5.82. The van der Waals surface area contributed by atoms with Crippen LogP contribution >= 0.6 is 11.3 Å². The third-order valence-corrected chi connectivity index (χ3v) is 7.93. The molecule has 2 aromatic rings. The van der Waals surface area contributed by atoms with Crippen molar-refractivity contribution >= 4 is 32.9 Å². The summed E-state index contributed by atoms with van der Waals surface area (Å²) in [5, 5.41) is 15.4. The lowest BCUT2D eigenvalue weighted by Crippen LogP contribution is -2.28. The van der Waals surface area contributed by atoms with E-state index >= 15 is 0 Å². The highest BCUT2D eigenvalue weighted by Gasteiger charge is 2.35. The van der Waals surface area contributed by atoms with Gasteiger partial charge in [-0.3, -0.25) is 0 Å². The first-order valence-corrected chi connectivity index (χ1v) is 13.3. The van der Waals surface area contributed by atoms with Crippen LogP contribution in [-0.4, -0.2) is 25.1 Å². The van der Waals surface area contributed by atoms with Gasteiger partial charge in [-0.15, -0.1) is 11.3 Å². The van der Waals surface area contributed by atoms with Crippen LogP contribution in [0.25, 0.3) is 16.0 Å². The van der Waals surface area contributed by atoms with Crippen LogP contribution in [0, 0.1) is 12.3 Å². The molecular formula is C25H33NO5S2. The van der Waals surface area contributed by atoms with Gasteiger partial charge in [-0.1, -0.05) is 32.1 Å². The molecule has 1 aliphatic carbocycles. The fourth-order valence-electron chi connectivity index (χ4n) is 4.08. The minimum Gasteiger partial charge on any atom is -0.479 e. The topological polar surface area (TPSA) is 107 Å². The molecule has 0 spiro atoms. The largest absolute Gasteiger partial charge is 0.479 e. The number of carboxylic acid groups (broad SMARTS) is 1. The molecule has 1 atom stereocenters. The Morgan fingerprint density at radius 3 is 2.27 bits per heavy atom. The lowest BCUT2D eigenvalue weighted by Gasteiger charge is -2.31. The number of hydrogen-bond acceptors (Lipinski definition) is 5. The van der Waals surface area contributed by atoms with Crippen LogP contribution in [0.5, 0.6) is 0 Å². The number of ether oxygens (including phenoxy) is 1. The Balaban J connectivity index is 2.23. The van der Waals surface area contributed by atoms with Crippen molar-refractivity contribution in [2.75, 3.05) is 0 Å². The molecule has 3 N–H and O–H groups in total. The van der Waals surface area contributed by atoms with Gasteiger partial charge in [0.25, 0.3) is 0 Å². The van der Waals surface area contributed by atoms with Crippen LogP contribution < -0.4 is 5.14 Å². The van der Waals surface area contributed by atoms with Crippen LogP contribution in [0.2, 0.25) is 0 Å². The van der Waals surface area contributed by atoms with Gasteiger partial charge in [-0.05, 0) is 75.6 Å². The molecule has 0 fully saturated rings. The monoisotopic (exact) mass is 491 g/mol. The standard InChI is InChI=1S/C25H33NO5S2/c1-15-19(21(23(27)28)31-24(2,3)4)20(16-11-13-25(5,6)14-12-16)22(32-15)17-7-9-18(10-8-17)33(26,29)30/h7-11,21H,12-14H2,1-6H3,(H,27,28)(H2,26,29,30). The maximum absolute atomic E-state index is 12.3. The normalized spacial score (nSPS) is 17.5. The zero-order chi connectivity index (χ0) is 24.8. The molecule has 0 amide bonds. The molecule has 1 heterocycles. The van der Waals surface area contributed by atoms with E-state index in [4.69, 9.17) is 9.88 Å². The van der Waals surface area contributed by atoms with Crippen molar-refractivity contribution in [2.45, 2.75) is 77.4 Å². The van der Waals surface area contributed by atoms with Gasteiger partial charge in [0.15, 0.2) is 6.10 Å². The minimum absolute atomic E-state index is 0.0411. The molecule has 0 radical (unpaired) electrons. The number of aliphatic carboxylic acids is 1. The molecule has 6 nitrogen and oxygen atoms in total. The average Bonchev–Trinajstić information content (AvgIpc) is 3.01. The third-order valence-electron chi connectivity index (χ3n) is 5.83. The molecule has 1 unspecified atom stereocenters. The molecule has 1 aromatic heterocycles. The number of sulfonamides is 1. The average molecular weight is 492 g/mol. The Morgan fingerprint density at radius 1 is 1.21 bits per heavy atom. The Morgan fingerprint density at radius 2 is 1.82 bits per heavy atom. The van der Waals surface area contributed by atoms with Crippen LogP contribution in [-0.2, 0) is 19.6 Å². The lowest BCUT2D eigenvalue weighted by molar-refractivity contribution is -0.160. The van der Waals surface area contributed by atoms with E-state index in [1.807, 2.05) is 27.7 Å². The highest BCUT2D eigenvalue weighted by atomic mass is 32.2. The zero-order valence-corrected chi connectivity index (χ0v) is 21.7. The summed E-state index contributed by atoms with van der Waals surface area (Å²) in [4.78, 5) is 14.2. The van der Waals surface area contributed by atoms with E-state index in [0.29, 0.717) is 5.56 Å². The van der Waals surface area contributed by atoms with Gasteiger partial charge in [-0.25, -0.2) is 18.4 Å². The van der Waals surface area contributed by atoms with Crippen molar-refractivity contribution in [2.24, 2.45) is 10.6 Å². The van der Waals surface area contributed by atoms with Crippen molar-refractivity contribution in [3.63, 3.8) is 0 Å². The van der Waals surface area contributed by atoms with Crippen molar-refractivity contribution in [1.29, 1.82) is 0 Å². The summed E-state index contributed by atoms with van der Waals surface area (Å²) in [6.45, 7) is 11.9.